The maximum atomic E-state index is 12.9. The number of carbonyl (C=O) groups excluding carboxylic acids is 1. The number of benzene rings is 2. The first-order valence-corrected chi connectivity index (χ1v) is 8.89. The lowest BCUT2D eigenvalue weighted by molar-refractivity contribution is -0.127. The van der Waals surface area contributed by atoms with Crippen molar-refractivity contribution in [3.8, 4) is 0 Å². The van der Waals surface area contributed by atoms with E-state index in [2.05, 4.69) is 15.8 Å². The maximum absolute atomic E-state index is 12.9. The van der Waals surface area contributed by atoms with Crippen molar-refractivity contribution in [3.05, 3.63) is 102 Å². The number of carbonyl (C=O) groups is 1. The highest BCUT2D eigenvalue weighted by Gasteiger charge is 2.38. The van der Waals surface area contributed by atoms with Crippen LogP contribution in [0.15, 0.2) is 90.8 Å². The highest BCUT2D eigenvalue weighted by Crippen LogP contribution is 2.35. The molecule has 0 bridgehead atoms. The molecule has 3 N–H and O–H groups in total. The molecule has 0 spiro atoms. The molecule has 0 radical (unpaired) electrons. The number of nitrogens with zero attached hydrogens (tertiary/aromatic N) is 1. The summed E-state index contributed by atoms with van der Waals surface area (Å²) in [7, 11) is 0. The average molecular weight is 373 g/mol. The van der Waals surface area contributed by atoms with Crippen molar-refractivity contribution in [2.75, 3.05) is 5.32 Å². The fourth-order valence-electron chi connectivity index (χ4n) is 3.13. The third-order valence-electron chi connectivity index (χ3n) is 4.49. The third-order valence-corrected chi connectivity index (χ3v) is 4.49. The Morgan fingerprint density at radius 3 is 2.43 bits per heavy atom. The molecule has 0 aliphatic carbocycles. The van der Waals surface area contributed by atoms with Crippen LogP contribution < -0.4 is 10.8 Å². The van der Waals surface area contributed by atoms with Gasteiger partial charge in [0.05, 0.1) is 5.70 Å². The number of para-hydroxylation sites is 1. The molecule has 1 aromatic heterocycles. The quantitative estimate of drug-likeness (QED) is 0.640. The van der Waals surface area contributed by atoms with Crippen molar-refractivity contribution in [1.82, 2.24) is 10.5 Å². The Bertz CT molecular complexity index is 976. The number of amides is 1. The Morgan fingerprint density at radius 1 is 1.04 bits per heavy atom. The van der Waals surface area contributed by atoms with Gasteiger partial charge in [0.1, 0.15) is 6.10 Å². The zero-order valence-electron chi connectivity index (χ0n) is 14.9. The van der Waals surface area contributed by atoms with Crippen molar-refractivity contribution in [1.29, 1.82) is 0 Å². The summed E-state index contributed by atoms with van der Waals surface area (Å²) in [5.74, 6) is -0.373. The van der Waals surface area contributed by atoms with Gasteiger partial charge in [0.25, 0.3) is 5.91 Å². The van der Waals surface area contributed by atoms with Gasteiger partial charge in [-0.3, -0.25) is 20.1 Å². The Morgan fingerprint density at radius 2 is 1.75 bits per heavy atom. The number of pyridine rings is 1. The van der Waals surface area contributed by atoms with Crippen LogP contribution in [0.3, 0.4) is 0 Å². The van der Waals surface area contributed by atoms with E-state index in [1.165, 1.54) is 0 Å². The summed E-state index contributed by atoms with van der Waals surface area (Å²) in [5, 5.41) is 13.9. The zero-order chi connectivity index (χ0) is 19.3. The number of aromatic nitrogens is 1. The van der Waals surface area contributed by atoms with Gasteiger partial charge in [-0.15, -0.1) is 0 Å². The predicted molar refractivity (Wildman–Crippen MR) is 106 cm³/mol. The molecule has 0 saturated carbocycles. The van der Waals surface area contributed by atoms with Gasteiger partial charge >= 0.3 is 0 Å². The molecule has 140 valence electrons. The molecule has 2 atom stereocenters. The Kier molecular flexibility index (Phi) is 5.14. The monoisotopic (exact) mass is 373 g/mol. The molecular weight excluding hydrogens is 354 g/mol. The summed E-state index contributed by atoms with van der Waals surface area (Å²) in [6.45, 7) is 0. The molecule has 4 rings (SSSR count). The van der Waals surface area contributed by atoms with Gasteiger partial charge in [0.2, 0.25) is 0 Å². The normalized spacial score (nSPS) is 17.1. The van der Waals surface area contributed by atoms with E-state index in [0.717, 1.165) is 5.56 Å². The van der Waals surface area contributed by atoms with Gasteiger partial charge < -0.3 is 10.4 Å². The van der Waals surface area contributed by atoms with Crippen LogP contribution in [0, 0.1) is 0 Å². The van der Waals surface area contributed by atoms with Crippen molar-refractivity contribution in [2.45, 2.75) is 12.2 Å². The lowest BCUT2D eigenvalue weighted by Crippen LogP contribution is -2.32. The first-order valence-electron chi connectivity index (χ1n) is 8.89. The smallest absolute Gasteiger partial charge is 0.260 e. The van der Waals surface area contributed by atoms with Gasteiger partial charge in [-0.1, -0.05) is 48.5 Å². The fraction of sp³-hybridized carbons (Fsp3) is 0.0909. The Hall–Kier alpha value is -3.48. The van der Waals surface area contributed by atoms with Crippen molar-refractivity contribution in [2.24, 2.45) is 0 Å². The minimum absolute atomic E-state index is 0.373. The fourth-order valence-corrected chi connectivity index (χ4v) is 3.13. The van der Waals surface area contributed by atoms with E-state index in [9.17, 15) is 9.90 Å². The molecule has 28 heavy (non-hydrogen) atoms. The third kappa shape index (κ3) is 3.64. The molecule has 6 nitrogen and oxygen atoms in total. The van der Waals surface area contributed by atoms with Crippen LogP contribution in [-0.4, -0.2) is 22.1 Å². The number of rotatable bonds is 5. The Labute approximate surface area is 162 Å². The first kappa shape index (κ1) is 17.9. The SMILES string of the molecule is O=C(Nc1ccccc1)[C@H]1ONC(c2cccnc2)=C1C(O)c1ccccc1. The van der Waals surface area contributed by atoms with Gasteiger partial charge in [0.15, 0.2) is 6.10 Å². The number of anilines is 1. The zero-order valence-corrected chi connectivity index (χ0v) is 14.9. The van der Waals surface area contributed by atoms with E-state index in [0.29, 0.717) is 22.5 Å². The van der Waals surface area contributed by atoms with Crippen LogP contribution >= 0.6 is 0 Å². The summed E-state index contributed by atoms with van der Waals surface area (Å²) in [6.07, 6.45) is 1.30. The molecule has 2 aromatic carbocycles. The highest BCUT2D eigenvalue weighted by molar-refractivity contribution is 5.98. The second-order valence-electron chi connectivity index (χ2n) is 6.34. The molecule has 0 saturated heterocycles. The lowest BCUT2D eigenvalue weighted by Gasteiger charge is -2.18. The lowest BCUT2D eigenvalue weighted by atomic mass is 9.93. The van der Waals surface area contributed by atoms with Crippen LogP contribution in [0.1, 0.15) is 17.2 Å². The molecule has 1 unspecified atom stereocenters. The number of hydroxylamine groups is 1. The molecule has 3 aromatic rings. The summed E-state index contributed by atoms with van der Waals surface area (Å²) < 4.78 is 0. The number of aliphatic hydroxyl groups excluding tert-OH is 1. The average Bonchev–Trinajstić information content (AvgIpc) is 3.20. The van der Waals surface area contributed by atoms with E-state index in [-0.39, 0.29) is 5.91 Å². The number of hydrogen-bond donors (Lipinski definition) is 3. The molecule has 1 aliphatic rings. The minimum atomic E-state index is -1.02. The van der Waals surface area contributed by atoms with Crippen molar-refractivity contribution < 1.29 is 14.7 Å². The van der Waals surface area contributed by atoms with E-state index in [4.69, 9.17) is 4.84 Å². The van der Waals surface area contributed by atoms with Gasteiger partial charge in [0, 0.05) is 29.2 Å². The molecule has 2 heterocycles. The van der Waals surface area contributed by atoms with Crippen LogP contribution in [0.25, 0.3) is 5.70 Å². The van der Waals surface area contributed by atoms with Crippen LogP contribution in [-0.2, 0) is 9.63 Å². The summed E-state index contributed by atoms with van der Waals surface area (Å²) in [6, 6.07) is 21.9. The van der Waals surface area contributed by atoms with E-state index >= 15 is 0 Å². The number of aliphatic hydroxyl groups is 1. The molecule has 1 amide bonds. The minimum Gasteiger partial charge on any atom is -0.384 e. The Balaban J connectivity index is 1.71. The van der Waals surface area contributed by atoms with E-state index < -0.39 is 12.2 Å². The van der Waals surface area contributed by atoms with Crippen molar-refractivity contribution in [3.63, 3.8) is 0 Å². The van der Waals surface area contributed by atoms with Crippen molar-refractivity contribution >= 4 is 17.3 Å². The molecular formula is C22H19N3O3. The van der Waals surface area contributed by atoms with Gasteiger partial charge in [-0.25, -0.2) is 0 Å². The number of nitrogens with one attached hydrogen (secondary N) is 2. The summed E-state index contributed by atoms with van der Waals surface area (Å²) >= 11 is 0. The number of hydrogen-bond acceptors (Lipinski definition) is 5. The van der Waals surface area contributed by atoms with Crippen LogP contribution in [0.2, 0.25) is 0 Å². The van der Waals surface area contributed by atoms with Crippen LogP contribution in [0.5, 0.6) is 0 Å². The molecule has 6 heteroatoms. The second kappa shape index (κ2) is 8.04. The first-order chi connectivity index (χ1) is 13.7. The second-order valence-corrected chi connectivity index (χ2v) is 6.34. The van der Waals surface area contributed by atoms with E-state index in [1.807, 2.05) is 54.6 Å². The standard InChI is InChI=1S/C22H19N3O3/c26-20(15-8-3-1-4-9-15)18-19(16-10-7-13-23-14-16)25-28-21(18)22(27)24-17-11-5-2-6-12-17/h1-14,20-21,25-26H,(H,24,27)/t20?,21-/m0/s1. The molecule has 0 fully saturated rings. The highest BCUT2D eigenvalue weighted by atomic mass is 16.7. The summed E-state index contributed by atoms with van der Waals surface area (Å²) in [5.41, 5.74) is 5.83. The topological polar surface area (TPSA) is 83.5 Å². The maximum Gasteiger partial charge on any atom is 0.260 e. The predicted octanol–water partition coefficient (Wildman–Crippen LogP) is 3.07. The largest absolute Gasteiger partial charge is 0.384 e. The molecule has 1 aliphatic heterocycles. The summed E-state index contributed by atoms with van der Waals surface area (Å²) in [4.78, 5) is 22.6. The van der Waals surface area contributed by atoms with Crippen LogP contribution in [0.4, 0.5) is 5.69 Å². The van der Waals surface area contributed by atoms with Gasteiger partial charge in [-0.2, -0.15) is 0 Å². The van der Waals surface area contributed by atoms with Gasteiger partial charge in [-0.05, 0) is 29.8 Å². The van der Waals surface area contributed by atoms with E-state index in [1.54, 1.807) is 30.6 Å².